The van der Waals surface area contributed by atoms with E-state index in [0.29, 0.717) is 43.5 Å². The molecule has 2 aromatic carbocycles. The van der Waals surface area contributed by atoms with Crippen LogP contribution in [0.1, 0.15) is 54.9 Å². The standard InChI is InChI=1S/C34H39Cl2N5O8S2/c1-3-49-34(44)29(19-23-12-14-24(15-13-23)38-33(43)31-27(35)21-37-22-28(31)36)39-32(42)30-11-8-16-40(30)41(17-5-4-6-18-41)51(47,48)26-10-7-9-25(20-26)50(2,45)46/h7,9-10,12-15,20-22,29-30H,3-6,8,11,16-19H2,1-2H3,(H-,38,39,42,43)/p+1. The molecular formula is C34H40Cl2N5O8S2+. The molecule has 2 aliphatic rings. The third-order valence-corrected chi connectivity index (χ3v) is 13.1. The summed E-state index contributed by atoms with van der Waals surface area (Å²) in [6.07, 6.45) is 6.63. The number of hydrogen-bond donors (Lipinski definition) is 2. The number of ether oxygens (including phenoxy) is 1. The van der Waals surface area contributed by atoms with Crippen LogP contribution in [0, 0.1) is 0 Å². The molecule has 5 rings (SSSR count). The molecule has 0 aliphatic carbocycles. The Morgan fingerprint density at radius 1 is 0.961 bits per heavy atom. The zero-order chi connectivity index (χ0) is 37.0. The number of halogens is 2. The molecule has 2 unspecified atom stereocenters. The summed E-state index contributed by atoms with van der Waals surface area (Å²) in [5, 5.41) is 7.44. The lowest BCUT2D eigenvalue weighted by atomic mass is 10.0. The van der Waals surface area contributed by atoms with Crippen LogP contribution in [-0.2, 0) is 40.6 Å². The van der Waals surface area contributed by atoms with Gasteiger partial charge < -0.3 is 15.4 Å². The van der Waals surface area contributed by atoms with Crippen LogP contribution in [0.2, 0.25) is 10.0 Å². The van der Waals surface area contributed by atoms with Gasteiger partial charge in [0.2, 0.25) is 5.91 Å². The molecule has 0 saturated carbocycles. The molecular weight excluding hydrogens is 741 g/mol. The van der Waals surface area contributed by atoms with Crippen LogP contribution in [0.15, 0.2) is 70.7 Å². The fraction of sp³-hybridized carbons (Fsp3) is 0.412. The maximum Gasteiger partial charge on any atom is 0.345 e. The van der Waals surface area contributed by atoms with Crippen molar-refractivity contribution in [1.82, 2.24) is 15.3 Å². The number of pyridine rings is 1. The Morgan fingerprint density at radius 3 is 2.24 bits per heavy atom. The Balaban J connectivity index is 1.36. The molecule has 3 aromatic rings. The number of carbonyl (C=O) groups excluding carboxylic acids is 3. The summed E-state index contributed by atoms with van der Waals surface area (Å²) in [5.41, 5.74) is 1.17. The van der Waals surface area contributed by atoms with Gasteiger partial charge in [0.1, 0.15) is 30.1 Å². The molecule has 51 heavy (non-hydrogen) atoms. The van der Waals surface area contributed by atoms with E-state index in [0.717, 1.165) is 12.7 Å². The Bertz CT molecular complexity index is 1990. The molecule has 0 spiro atoms. The molecule has 2 aliphatic heterocycles. The van der Waals surface area contributed by atoms with Gasteiger partial charge in [0, 0.05) is 37.3 Å². The molecule has 2 fully saturated rings. The van der Waals surface area contributed by atoms with Crippen LogP contribution in [0.5, 0.6) is 0 Å². The predicted molar refractivity (Wildman–Crippen MR) is 191 cm³/mol. The first-order valence-electron chi connectivity index (χ1n) is 16.5. The van der Waals surface area contributed by atoms with Crippen molar-refractivity contribution in [2.45, 2.75) is 67.3 Å². The van der Waals surface area contributed by atoms with Crippen molar-refractivity contribution >= 4 is 66.5 Å². The molecule has 2 atom stereocenters. The van der Waals surface area contributed by atoms with Crippen molar-refractivity contribution in [1.29, 1.82) is 0 Å². The zero-order valence-electron chi connectivity index (χ0n) is 28.2. The second kappa shape index (κ2) is 16.0. The molecule has 2 saturated heterocycles. The van der Waals surface area contributed by atoms with E-state index in [1.165, 1.54) is 36.7 Å². The third kappa shape index (κ3) is 8.39. The van der Waals surface area contributed by atoms with Crippen molar-refractivity contribution < 1.29 is 40.0 Å². The van der Waals surface area contributed by atoms with Crippen molar-refractivity contribution in [2.75, 3.05) is 37.8 Å². The lowest BCUT2D eigenvalue weighted by Gasteiger charge is -2.46. The number of carbonyl (C=O) groups is 3. The number of sulfone groups is 1. The van der Waals surface area contributed by atoms with Crippen molar-refractivity contribution in [2.24, 2.45) is 0 Å². The zero-order valence-corrected chi connectivity index (χ0v) is 31.3. The summed E-state index contributed by atoms with van der Waals surface area (Å²) >= 11 is 12.2. The van der Waals surface area contributed by atoms with E-state index in [2.05, 4.69) is 15.6 Å². The summed E-state index contributed by atoms with van der Waals surface area (Å²) in [6, 6.07) is 10.0. The number of piperidine rings is 1. The number of esters is 1. The number of nitrogens with zero attached hydrogens (tertiary/aromatic N) is 3. The Labute approximate surface area is 307 Å². The molecule has 274 valence electrons. The highest BCUT2D eigenvalue weighted by Crippen LogP contribution is 2.37. The predicted octanol–water partition coefficient (Wildman–Crippen LogP) is 4.40. The number of sulfonamides is 1. The second-order valence-corrected chi connectivity index (χ2v) is 17.5. The number of quaternary nitrogens is 1. The maximum absolute atomic E-state index is 14.5. The van der Waals surface area contributed by atoms with E-state index < -0.39 is 53.7 Å². The Hall–Kier alpha value is -3.60. The monoisotopic (exact) mass is 780 g/mol. The van der Waals surface area contributed by atoms with Gasteiger partial charge in [0.25, 0.3) is 5.91 Å². The largest absolute Gasteiger partial charge is 0.464 e. The van der Waals surface area contributed by atoms with Gasteiger partial charge in [-0.25, -0.2) is 13.2 Å². The number of hydrogen-bond acceptors (Lipinski definition) is 10. The summed E-state index contributed by atoms with van der Waals surface area (Å²) in [6.45, 7) is 2.49. The summed E-state index contributed by atoms with van der Waals surface area (Å²) in [5.74, 6) is -1.69. The van der Waals surface area contributed by atoms with Crippen molar-refractivity contribution in [3.05, 3.63) is 82.1 Å². The van der Waals surface area contributed by atoms with Crippen LogP contribution in [0.25, 0.3) is 0 Å². The molecule has 17 heteroatoms. The highest BCUT2D eigenvalue weighted by atomic mass is 35.5. The van der Waals surface area contributed by atoms with Gasteiger partial charge in [-0.05, 0) is 74.9 Å². The van der Waals surface area contributed by atoms with Crippen LogP contribution in [-0.4, -0.2) is 93.2 Å². The van der Waals surface area contributed by atoms with Gasteiger partial charge in [0.15, 0.2) is 9.84 Å². The average molecular weight is 782 g/mol. The molecule has 2 N–H and O–H groups in total. The summed E-state index contributed by atoms with van der Waals surface area (Å²) in [7, 11) is -7.89. The minimum Gasteiger partial charge on any atom is -0.464 e. The first-order valence-corrected chi connectivity index (χ1v) is 20.6. The number of anilines is 1. The quantitative estimate of drug-likeness (QED) is 0.199. The van der Waals surface area contributed by atoms with E-state index in [4.69, 9.17) is 27.9 Å². The molecule has 13 nitrogen and oxygen atoms in total. The van der Waals surface area contributed by atoms with Crippen LogP contribution in [0.3, 0.4) is 0 Å². The van der Waals surface area contributed by atoms with Gasteiger partial charge in [-0.15, -0.1) is 9.01 Å². The lowest BCUT2D eigenvalue weighted by Crippen LogP contribution is -2.68. The third-order valence-electron chi connectivity index (χ3n) is 9.11. The molecule has 2 amide bonds. The lowest BCUT2D eigenvalue weighted by molar-refractivity contribution is -0.933. The second-order valence-electron chi connectivity index (χ2n) is 12.5. The molecule has 3 heterocycles. The van der Waals surface area contributed by atoms with E-state index in [1.54, 1.807) is 36.2 Å². The van der Waals surface area contributed by atoms with E-state index in [9.17, 15) is 31.2 Å². The molecule has 0 bridgehead atoms. The van der Waals surface area contributed by atoms with Gasteiger partial charge >= 0.3 is 16.0 Å². The maximum atomic E-state index is 14.5. The number of nitrogens with one attached hydrogen (secondary N) is 2. The van der Waals surface area contributed by atoms with Gasteiger partial charge in [0.05, 0.1) is 27.1 Å². The average Bonchev–Trinajstić information content (AvgIpc) is 3.60. The fourth-order valence-electron chi connectivity index (χ4n) is 6.64. The van der Waals surface area contributed by atoms with Crippen LogP contribution < -0.4 is 10.6 Å². The van der Waals surface area contributed by atoms with Crippen LogP contribution in [0.4, 0.5) is 5.69 Å². The normalized spacial score (nSPS) is 18.5. The van der Waals surface area contributed by atoms with E-state index >= 15 is 0 Å². The number of aromatic nitrogens is 1. The summed E-state index contributed by atoms with van der Waals surface area (Å²) in [4.78, 5) is 43.6. The molecule has 0 radical (unpaired) electrons. The number of benzene rings is 2. The van der Waals surface area contributed by atoms with Gasteiger partial charge in [-0.2, -0.15) is 8.42 Å². The number of amides is 2. The van der Waals surface area contributed by atoms with E-state index in [-0.39, 0.29) is 51.5 Å². The first kappa shape index (κ1) is 38.6. The fourth-order valence-corrected chi connectivity index (χ4v) is 10.1. The van der Waals surface area contributed by atoms with Crippen molar-refractivity contribution in [3.63, 3.8) is 0 Å². The SMILES string of the molecule is CCOC(=O)C(Cc1ccc(NC(=O)c2c(Cl)cncc2Cl)cc1)NC(=O)C1CCCN1[N+]1(S(=O)(=O)c2cccc(S(C)(=O)=O)c2)CCCCC1. The summed E-state index contributed by atoms with van der Waals surface area (Å²) < 4.78 is 58.4. The minimum absolute atomic E-state index is 0.0596. The van der Waals surface area contributed by atoms with Gasteiger partial charge in [-0.1, -0.05) is 41.4 Å². The molecule has 1 aromatic heterocycles. The smallest absolute Gasteiger partial charge is 0.345 e. The van der Waals surface area contributed by atoms with Gasteiger partial charge in [-0.3, -0.25) is 14.6 Å². The first-order chi connectivity index (χ1) is 24.2. The Kier molecular flexibility index (Phi) is 12.1. The minimum atomic E-state index is -4.21. The van der Waals surface area contributed by atoms with Crippen LogP contribution >= 0.6 is 23.2 Å². The number of rotatable bonds is 12. The van der Waals surface area contributed by atoms with Crippen molar-refractivity contribution in [3.8, 4) is 0 Å². The topological polar surface area (TPSA) is 169 Å². The Morgan fingerprint density at radius 2 is 1.61 bits per heavy atom. The van der Waals surface area contributed by atoms with E-state index in [1.807, 2.05) is 0 Å². The highest BCUT2D eigenvalue weighted by molar-refractivity contribution is 7.90. The highest BCUT2D eigenvalue weighted by Gasteiger charge is 2.55.